The molecule has 1 heterocycles. The lowest BCUT2D eigenvalue weighted by Crippen LogP contribution is -2.27. The molecule has 0 unspecified atom stereocenters. The van der Waals surface area contributed by atoms with Crippen LogP contribution in [0.1, 0.15) is 5.56 Å². The van der Waals surface area contributed by atoms with Gasteiger partial charge in [-0.25, -0.2) is 3.97 Å². The van der Waals surface area contributed by atoms with E-state index in [9.17, 15) is 8.42 Å². The Morgan fingerprint density at radius 3 is 2.64 bits per heavy atom. The van der Waals surface area contributed by atoms with Crippen molar-refractivity contribution < 1.29 is 8.42 Å². The van der Waals surface area contributed by atoms with E-state index in [0.29, 0.717) is 13.0 Å². The third-order valence-corrected chi connectivity index (χ3v) is 3.57. The lowest BCUT2D eigenvalue weighted by Gasteiger charge is -2.11. The highest BCUT2D eigenvalue weighted by atomic mass is 32.2. The Balaban J connectivity index is 2.98. The molecule has 14 heavy (non-hydrogen) atoms. The van der Waals surface area contributed by atoms with Gasteiger partial charge in [-0.1, -0.05) is 0 Å². The summed E-state index contributed by atoms with van der Waals surface area (Å²) in [6, 6.07) is 1.76. The smallest absolute Gasteiger partial charge is 0.306 e. The summed E-state index contributed by atoms with van der Waals surface area (Å²) in [6.07, 6.45) is 3.80. The fourth-order valence-electron chi connectivity index (χ4n) is 1.07. The summed E-state index contributed by atoms with van der Waals surface area (Å²) in [6.45, 7) is 0.520. The maximum absolute atomic E-state index is 11.6. The minimum atomic E-state index is -3.37. The van der Waals surface area contributed by atoms with Gasteiger partial charge in [0, 0.05) is 26.5 Å². The monoisotopic (exact) mass is 217 g/mol. The Kier molecular flexibility index (Phi) is 3.30. The molecule has 0 aliphatic rings. The second-order valence-corrected chi connectivity index (χ2v) is 5.23. The van der Waals surface area contributed by atoms with E-state index in [4.69, 9.17) is 5.73 Å². The molecular weight excluding hydrogens is 202 g/mol. The van der Waals surface area contributed by atoms with Crippen molar-refractivity contribution in [1.29, 1.82) is 0 Å². The van der Waals surface area contributed by atoms with E-state index in [1.807, 2.05) is 0 Å². The van der Waals surface area contributed by atoms with E-state index in [1.165, 1.54) is 28.6 Å². The van der Waals surface area contributed by atoms with Crippen LogP contribution in [-0.2, 0) is 16.6 Å². The molecule has 0 radical (unpaired) electrons. The predicted molar refractivity (Wildman–Crippen MR) is 55.2 cm³/mol. The Morgan fingerprint density at radius 1 is 1.50 bits per heavy atom. The predicted octanol–water partition coefficient (Wildman–Crippen LogP) is -0.356. The number of rotatable bonds is 4. The maximum atomic E-state index is 11.6. The molecule has 1 rings (SSSR count). The van der Waals surface area contributed by atoms with Gasteiger partial charge < -0.3 is 5.73 Å². The largest absolute Gasteiger partial charge is 0.330 e. The van der Waals surface area contributed by atoms with Crippen molar-refractivity contribution >= 4 is 10.2 Å². The van der Waals surface area contributed by atoms with E-state index in [2.05, 4.69) is 0 Å². The van der Waals surface area contributed by atoms with Gasteiger partial charge in [0.1, 0.15) is 0 Å². The van der Waals surface area contributed by atoms with Gasteiger partial charge in [0.05, 0.1) is 0 Å². The fraction of sp³-hybridized carbons (Fsp3) is 0.500. The molecule has 0 atom stereocenters. The lowest BCUT2D eigenvalue weighted by molar-refractivity contribution is 0.511. The summed E-state index contributed by atoms with van der Waals surface area (Å²) in [5, 5.41) is 0. The molecule has 0 saturated carbocycles. The zero-order chi connectivity index (χ0) is 10.8. The number of nitrogens with two attached hydrogens (primary N) is 1. The van der Waals surface area contributed by atoms with Gasteiger partial charge in [-0.3, -0.25) is 0 Å². The van der Waals surface area contributed by atoms with Crippen LogP contribution in [0.5, 0.6) is 0 Å². The van der Waals surface area contributed by atoms with Crippen molar-refractivity contribution in [3.8, 4) is 0 Å². The second-order valence-electron chi connectivity index (χ2n) is 3.18. The number of hydrogen-bond acceptors (Lipinski definition) is 3. The number of nitrogens with zero attached hydrogens (tertiary/aromatic N) is 2. The van der Waals surface area contributed by atoms with E-state index in [-0.39, 0.29) is 0 Å². The number of hydrogen-bond donors (Lipinski definition) is 1. The molecule has 6 heteroatoms. The Hall–Kier alpha value is -0.850. The van der Waals surface area contributed by atoms with Crippen LogP contribution >= 0.6 is 0 Å². The molecular formula is C8H15N3O2S. The van der Waals surface area contributed by atoms with E-state index < -0.39 is 10.2 Å². The minimum Gasteiger partial charge on any atom is -0.330 e. The van der Waals surface area contributed by atoms with Crippen molar-refractivity contribution in [1.82, 2.24) is 8.28 Å². The first kappa shape index (κ1) is 11.2. The zero-order valence-corrected chi connectivity index (χ0v) is 9.16. The molecule has 0 fully saturated rings. The SMILES string of the molecule is CN(C)S(=O)(=O)n1ccc(CCN)c1. The summed E-state index contributed by atoms with van der Waals surface area (Å²) in [7, 11) is -0.369. The number of aromatic nitrogens is 1. The van der Waals surface area contributed by atoms with Crippen molar-refractivity contribution in [3.63, 3.8) is 0 Å². The van der Waals surface area contributed by atoms with Gasteiger partial charge in [0.2, 0.25) is 0 Å². The van der Waals surface area contributed by atoms with Crippen molar-refractivity contribution in [2.75, 3.05) is 20.6 Å². The van der Waals surface area contributed by atoms with Crippen LogP contribution < -0.4 is 5.73 Å². The maximum Gasteiger partial charge on any atom is 0.306 e. The second kappa shape index (κ2) is 4.12. The van der Waals surface area contributed by atoms with Crippen LogP contribution in [0.15, 0.2) is 18.5 Å². The first-order valence-corrected chi connectivity index (χ1v) is 5.68. The Labute approximate surface area is 84.3 Å². The Bertz CT molecular complexity index is 394. The first-order valence-electron chi connectivity index (χ1n) is 4.28. The molecule has 0 saturated heterocycles. The summed E-state index contributed by atoms with van der Waals surface area (Å²) >= 11 is 0. The van der Waals surface area contributed by atoms with Gasteiger partial charge in [0.25, 0.3) is 0 Å². The highest BCUT2D eigenvalue weighted by molar-refractivity contribution is 7.87. The molecule has 0 spiro atoms. The summed E-state index contributed by atoms with van der Waals surface area (Å²) in [5.41, 5.74) is 6.30. The van der Waals surface area contributed by atoms with Crippen LogP contribution in [0.3, 0.4) is 0 Å². The van der Waals surface area contributed by atoms with Gasteiger partial charge in [-0.05, 0) is 24.6 Å². The van der Waals surface area contributed by atoms with E-state index in [1.54, 1.807) is 12.3 Å². The summed E-state index contributed by atoms with van der Waals surface area (Å²) in [5.74, 6) is 0. The first-order chi connectivity index (χ1) is 6.48. The topological polar surface area (TPSA) is 68.3 Å². The molecule has 80 valence electrons. The molecule has 5 nitrogen and oxygen atoms in total. The van der Waals surface area contributed by atoms with Gasteiger partial charge >= 0.3 is 10.2 Å². The fourth-order valence-corrected chi connectivity index (χ4v) is 1.93. The molecule has 1 aromatic rings. The van der Waals surface area contributed by atoms with E-state index >= 15 is 0 Å². The van der Waals surface area contributed by atoms with Gasteiger partial charge in [-0.15, -0.1) is 0 Å². The molecule has 0 aromatic carbocycles. The average molecular weight is 217 g/mol. The Morgan fingerprint density at radius 2 is 2.14 bits per heavy atom. The van der Waals surface area contributed by atoms with Gasteiger partial charge in [0.15, 0.2) is 0 Å². The molecule has 2 N–H and O–H groups in total. The highest BCUT2D eigenvalue weighted by Crippen LogP contribution is 2.06. The van der Waals surface area contributed by atoms with Crippen LogP contribution in [0, 0.1) is 0 Å². The third-order valence-electron chi connectivity index (χ3n) is 1.89. The molecule has 1 aromatic heterocycles. The van der Waals surface area contributed by atoms with Crippen molar-refractivity contribution in [2.45, 2.75) is 6.42 Å². The average Bonchev–Trinajstić information content (AvgIpc) is 2.53. The van der Waals surface area contributed by atoms with Crippen molar-refractivity contribution in [2.24, 2.45) is 5.73 Å². The van der Waals surface area contributed by atoms with Crippen LogP contribution in [0.4, 0.5) is 0 Å². The van der Waals surface area contributed by atoms with Crippen LogP contribution in [0.25, 0.3) is 0 Å². The lowest BCUT2D eigenvalue weighted by atomic mass is 10.2. The van der Waals surface area contributed by atoms with Crippen LogP contribution in [0.2, 0.25) is 0 Å². The van der Waals surface area contributed by atoms with Crippen LogP contribution in [-0.4, -0.2) is 37.3 Å². The summed E-state index contributed by atoms with van der Waals surface area (Å²) < 4.78 is 25.6. The minimum absolute atomic E-state index is 0.520. The van der Waals surface area contributed by atoms with E-state index in [0.717, 1.165) is 5.56 Å². The standard InChI is InChI=1S/C8H15N3O2S/c1-10(2)14(12,13)11-6-4-8(7-11)3-5-9/h4,6-7H,3,5,9H2,1-2H3. The highest BCUT2D eigenvalue weighted by Gasteiger charge is 2.15. The molecule has 0 aliphatic carbocycles. The zero-order valence-electron chi connectivity index (χ0n) is 8.34. The van der Waals surface area contributed by atoms with Gasteiger partial charge in [-0.2, -0.15) is 12.7 Å². The summed E-state index contributed by atoms with van der Waals surface area (Å²) in [4.78, 5) is 0. The third kappa shape index (κ3) is 2.14. The molecule has 0 aliphatic heterocycles. The normalized spacial score (nSPS) is 12.3. The molecule has 0 bridgehead atoms. The quantitative estimate of drug-likeness (QED) is 0.749. The van der Waals surface area contributed by atoms with Crippen molar-refractivity contribution in [3.05, 3.63) is 24.0 Å². The molecule has 0 amide bonds.